The second-order valence-electron chi connectivity index (χ2n) is 23.9. The Morgan fingerprint density at radius 3 is 1.21 bits per heavy atom. The van der Waals surface area contributed by atoms with Gasteiger partial charge in [-0.15, -0.1) is 0 Å². The number of allylic oxidation sites excluding steroid dienone is 5. The minimum Gasteiger partial charge on any atom is -0.394 e. The number of amides is 1. The zero-order chi connectivity index (χ0) is 58.8. The maximum absolute atomic E-state index is 13.3. The molecule has 81 heavy (non-hydrogen) atoms. The minimum atomic E-state index is -1.79. The van der Waals surface area contributed by atoms with Crippen molar-refractivity contribution in [2.24, 2.45) is 0 Å². The predicted octanol–water partition coefficient (Wildman–Crippen LogP) is 13.0. The van der Waals surface area contributed by atoms with Gasteiger partial charge in [0.25, 0.3) is 0 Å². The van der Waals surface area contributed by atoms with Crippen molar-refractivity contribution in [2.75, 3.05) is 19.8 Å². The Labute approximate surface area is 493 Å². The molecular weight excluding hydrogens is 1030 g/mol. The van der Waals surface area contributed by atoms with E-state index in [0.29, 0.717) is 12.8 Å². The second kappa shape index (κ2) is 52.5. The first-order chi connectivity index (χ1) is 39.6. The fourth-order valence-corrected chi connectivity index (χ4v) is 11.2. The molecule has 14 nitrogen and oxygen atoms in total. The topological polar surface area (TPSA) is 228 Å². The van der Waals surface area contributed by atoms with E-state index in [1.54, 1.807) is 6.08 Å². The standard InChI is InChI=1S/C67H125NO13/c1-3-5-7-9-11-13-15-17-19-21-22-23-24-25-26-27-28-29-30-31-32-33-34-35-36-38-40-42-44-46-48-50-56(71)55(68-59(72)51-49-47-45-43-41-39-37-20-18-16-14-12-10-8-6-4-2)54-78-66-64(77)62(75)65(58(53-70)80-66)81-67-63(76)61(74)60(73)57(52-69)79-67/h34-35,40,42,48,50,55-58,60-67,69-71,73-77H,3-33,36-39,41,43-47,49,51-54H2,1-2H3,(H,68,72)/b35-34+,42-40+,50-48+. The lowest BCUT2D eigenvalue weighted by molar-refractivity contribution is -0.359. The van der Waals surface area contributed by atoms with Gasteiger partial charge in [-0.2, -0.15) is 0 Å². The summed E-state index contributed by atoms with van der Waals surface area (Å²) in [5.41, 5.74) is 0. The summed E-state index contributed by atoms with van der Waals surface area (Å²) in [6, 6.07) is -0.936. The lowest BCUT2D eigenvalue weighted by atomic mass is 9.97. The molecule has 0 saturated carbocycles. The lowest BCUT2D eigenvalue weighted by Gasteiger charge is -2.46. The summed E-state index contributed by atoms with van der Waals surface area (Å²) in [6.07, 6.45) is 49.3. The zero-order valence-electron chi connectivity index (χ0n) is 51.5. The molecule has 2 aliphatic rings. The third-order valence-corrected chi connectivity index (χ3v) is 16.6. The molecule has 0 bridgehead atoms. The van der Waals surface area contributed by atoms with Gasteiger partial charge >= 0.3 is 0 Å². The number of carbonyl (C=O) groups excluding carboxylic acids is 1. The molecule has 1 amide bonds. The first-order valence-electron chi connectivity index (χ1n) is 33.7. The second-order valence-corrected chi connectivity index (χ2v) is 23.9. The Bertz CT molecular complexity index is 1500. The van der Waals surface area contributed by atoms with Gasteiger partial charge in [0, 0.05) is 6.42 Å². The number of unbranched alkanes of at least 4 members (excludes halogenated alkanes) is 38. The molecule has 0 radical (unpaired) electrons. The number of carbonyl (C=O) groups is 1. The van der Waals surface area contributed by atoms with Crippen LogP contribution in [0.1, 0.15) is 290 Å². The Kier molecular flexibility index (Phi) is 48.8. The first kappa shape index (κ1) is 75.3. The van der Waals surface area contributed by atoms with Crippen molar-refractivity contribution in [1.82, 2.24) is 5.32 Å². The summed E-state index contributed by atoms with van der Waals surface area (Å²) in [6.45, 7) is 2.81. The highest BCUT2D eigenvalue weighted by atomic mass is 16.7. The highest BCUT2D eigenvalue weighted by Gasteiger charge is 2.51. The van der Waals surface area contributed by atoms with E-state index in [4.69, 9.17) is 18.9 Å². The van der Waals surface area contributed by atoms with Crippen molar-refractivity contribution >= 4 is 5.91 Å². The molecule has 14 heteroatoms. The van der Waals surface area contributed by atoms with Crippen LogP contribution < -0.4 is 5.32 Å². The van der Waals surface area contributed by atoms with Crippen molar-refractivity contribution < 1.29 is 64.6 Å². The summed E-state index contributed by atoms with van der Waals surface area (Å²) < 4.78 is 22.8. The highest BCUT2D eigenvalue weighted by Crippen LogP contribution is 2.30. The van der Waals surface area contributed by atoms with E-state index in [2.05, 4.69) is 43.5 Å². The predicted molar refractivity (Wildman–Crippen MR) is 328 cm³/mol. The van der Waals surface area contributed by atoms with Crippen molar-refractivity contribution in [3.05, 3.63) is 36.5 Å². The maximum atomic E-state index is 13.3. The highest BCUT2D eigenvalue weighted by molar-refractivity contribution is 5.76. The quantitative estimate of drug-likeness (QED) is 0.0204. The molecule has 0 aromatic rings. The van der Waals surface area contributed by atoms with E-state index in [1.807, 2.05) is 6.08 Å². The van der Waals surface area contributed by atoms with E-state index in [-0.39, 0.29) is 18.9 Å². The van der Waals surface area contributed by atoms with Crippen LogP contribution in [0.5, 0.6) is 0 Å². The zero-order valence-corrected chi connectivity index (χ0v) is 51.5. The van der Waals surface area contributed by atoms with E-state index in [0.717, 1.165) is 44.9 Å². The van der Waals surface area contributed by atoms with Gasteiger partial charge in [0.1, 0.15) is 48.8 Å². The molecule has 2 fully saturated rings. The Morgan fingerprint density at radius 2 is 0.790 bits per heavy atom. The summed E-state index contributed by atoms with van der Waals surface area (Å²) in [7, 11) is 0. The summed E-state index contributed by atoms with van der Waals surface area (Å²) in [5.74, 6) is -0.249. The van der Waals surface area contributed by atoms with E-state index in [9.17, 15) is 45.6 Å². The first-order valence-corrected chi connectivity index (χ1v) is 33.7. The maximum Gasteiger partial charge on any atom is 0.220 e. The summed E-state index contributed by atoms with van der Waals surface area (Å²) in [5, 5.41) is 87.2. The molecule has 476 valence electrons. The molecular formula is C67H125NO13. The molecule has 2 heterocycles. The van der Waals surface area contributed by atoms with Crippen LogP contribution in [0.25, 0.3) is 0 Å². The molecule has 0 aliphatic carbocycles. The van der Waals surface area contributed by atoms with E-state index < -0.39 is 86.8 Å². The van der Waals surface area contributed by atoms with Crippen LogP contribution in [0, 0.1) is 0 Å². The van der Waals surface area contributed by atoms with Gasteiger partial charge in [-0.3, -0.25) is 4.79 Å². The van der Waals surface area contributed by atoms with Gasteiger partial charge in [0.05, 0.1) is 32.0 Å². The molecule has 0 aromatic heterocycles. The van der Waals surface area contributed by atoms with Crippen LogP contribution >= 0.6 is 0 Å². The monoisotopic (exact) mass is 1150 g/mol. The fraction of sp³-hybridized carbons (Fsp3) is 0.896. The number of hydrogen-bond acceptors (Lipinski definition) is 13. The number of ether oxygens (including phenoxy) is 4. The number of aliphatic hydroxyl groups excluding tert-OH is 8. The van der Waals surface area contributed by atoms with Gasteiger partial charge in [-0.1, -0.05) is 275 Å². The van der Waals surface area contributed by atoms with Crippen molar-refractivity contribution in [2.45, 2.75) is 364 Å². The van der Waals surface area contributed by atoms with Crippen molar-refractivity contribution in [3.8, 4) is 0 Å². The van der Waals surface area contributed by atoms with Crippen LogP contribution in [0.4, 0.5) is 0 Å². The molecule has 2 saturated heterocycles. The number of hydrogen-bond donors (Lipinski definition) is 9. The third kappa shape index (κ3) is 37.4. The van der Waals surface area contributed by atoms with Gasteiger partial charge in [0.2, 0.25) is 5.91 Å². The number of aliphatic hydroxyl groups is 8. The molecule has 12 unspecified atom stereocenters. The van der Waals surface area contributed by atoms with Gasteiger partial charge in [-0.05, 0) is 44.9 Å². The minimum absolute atomic E-state index is 0.249. The number of rotatable bonds is 55. The van der Waals surface area contributed by atoms with Crippen LogP contribution in [-0.4, -0.2) is 140 Å². The van der Waals surface area contributed by atoms with E-state index >= 15 is 0 Å². The Morgan fingerprint density at radius 1 is 0.432 bits per heavy atom. The van der Waals surface area contributed by atoms with Crippen molar-refractivity contribution in [1.29, 1.82) is 0 Å². The number of nitrogens with one attached hydrogen (secondary N) is 1. The Hall–Kier alpha value is -1.79. The smallest absolute Gasteiger partial charge is 0.220 e. The molecule has 9 N–H and O–H groups in total. The normalized spacial score (nSPS) is 24.3. The van der Waals surface area contributed by atoms with E-state index in [1.165, 1.54) is 212 Å². The summed E-state index contributed by atoms with van der Waals surface area (Å²) in [4.78, 5) is 13.3. The van der Waals surface area contributed by atoms with Gasteiger partial charge in [-0.25, -0.2) is 0 Å². The van der Waals surface area contributed by atoms with Crippen LogP contribution in [-0.2, 0) is 23.7 Å². The average molecular weight is 1150 g/mol. The molecule has 0 aromatic carbocycles. The van der Waals surface area contributed by atoms with Crippen LogP contribution in [0.3, 0.4) is 0 Å². The lowest BCUT2D eigenvalue weighted by Crippen LogP contribution is -2.65. The molecule has 0 spiro atoms. The molecule has 2 rings (SSSR count). The SMILES string of the molecule is CCCCCCCCCCCCCCCCCCCCCCC/C=C/CC/C=C/CC/C=C/C(O)C(COC1OC(CO)C(OC2OC(CO)C(O)C(O)C2O)C(O)C1O)NC(=O)CCCCCCCCCCCCCCCCCC. The largest absolute Gasteiger partial charge is 0.394 e. The Balaban J connectivity index is 1.70. The fourth-order valence-electron chi connectivity index (χ4n) is 11.2. The summed E-state index contributed by atoms with van der Waals surface area (Å²) >= 11 is 0. The van der Waals surface area contributed by atoms with Crippen LogP contribution in [0.15, 0.2) is 36.5 Å². The average Bonchev–Trinajstić information content (AvgIpc) is 3.46. The third-order valence-electron chi connectivity index (χ3n) is 16.6. The van der Waals surface area contributed by atoms with Crippen molar-refractivity contribution in [3.63, 3.8) is 0 Å². The molecule has 2 aliphatic heterocycles. The molecule has 12 atom stereocenters. The van der Waals surface area contributed by atoms with Crippen LogP contribution in [0.2, 0.25) is 0 Å². The van der Waals surface area contributed by atoms with Gasteiger partial charge < -0.3 is 65.1 Å². The van der Waals surface area contributed by atoms with Gasteiger partial charge in [0.15, 0.2) is 12.6 Å².